The van der Waals surface area contributed by atoms with Gasteiger partial charge in [-0.25, -0.2) is 9.97 Å². The number of hydrogen-bond donors (Lipinski definition) is 1. The largest absolute Gasteiger partial charge is 0.422 e. The van der Waals surface area contributed by atoms with Gasteiger partial charge in [-0.05, 0) is 18.6 Å². The molecule has 0 aliphatic carbocycles. The Balaban J connectivity index is 2.30. The summed E-state index contributed by atoms with van der Waals surface area (Å²) < 4.78 is 5.49. The third-order valence-corrected chi connectivity index (χ3v) is 2.23. The highest BCUT2D eigenvalue weighted by molar-refractivity contribution is 6.30. The highest BCUT2D eigenvalue weighted by Gasteiger charge is 2.06. The van der Waals surface area contributed by atoms with Crippen LogP contribution >= 0.6 is 11.6 Å². The third-order valence-electron chi connectivity index (χ3n) is 2.03. The van der Waals surface area contributed by atoms with Crippen LogP contribution < -0.4 is 10.5 Å². The summed E-state index contributed by atoms with van der Waals surface area (Å²) in [5.41, 5.74) is 7.28. The fraction of sp³-hybridized carbons (Fsp3) is 0.0909. The first-order valence-corrected chi connectivity index (χ1v) is 5.05. The molecule has 0 unspecified atom stereocenters. The van der Waals surface area contributed by atoms with Gasteiger partial charge in [0.2, 0.25) is 0 Å². The zero-order valence-corrected chi connectivity index (χ0v) is 9.40. The molecule has 0 fully saturated rings. The summed E-state index contributed by atoms with van der Waals surface area (Å²) in [5, 5.41) is 0.463. The highest BCUT2D eigenvalue weighted by Crippen LogP contribution is 2.28. The summed E-state index contributed by atoms with van der Waals surface area (Å²) in [6, 6.07) is 5.76. The van der Waals surface area contributed by atoms with E-state index in [-0.39, 0.29) is 6.01 Å². The standard InChI is InChI=1S/C11H10ClN3O/c1-7-3-2-4-9(13)10(7)16-11-14-5-8(12)6-15-11/h2-6H,13H2,1H3. The van der Waals surface area contributed by atoms with E-state index in [1.54, 1.807) is 6.07 Å². The van der Waals surface area contributed by atoms with Crippen LogP contribution in [0.5, 0.6) is 11.8 Å². The first-order chi connectivity index (χ1) is 7.66. The fourth-order valence-electron chi connectivity index (χ4n) is 1.26. The minimum Gasteiger partial charge on any atom is -0.422 e. The van der Waals surface area contributed by atoms with Gasteiger partial charge in [0.15, 0.2) is 5.75 Å². The van der Waals surface area contributed by atoms with Gasteiger partial charge in [-0.2, -0.15) is 0 Å². The van der Waals surface area contributed by atoms with Gasteiger partial charge in [0, 0.05) is 0 Å². The zero-order valence-electron chi connectivity index (χ0n) is 8.64. The smallest absolute Gasteiger partial charge is 0.322 e. The predicted molar refractivity (Wildman–Crippen MR) is 62.7 cm³/mol. The summed E-state index contributed by atoms with van der Waals surface area (Å²) in [5.74, 6) is 0.574. The van der Waals surface area contributed by atoms with Gasteiger partial charge in [-0.3, -0.25) is 0 Å². The van der Waals surface area contributed by atoms with Crippen molar-refractivity contribution in [2.75, 3.05) is 5.73 Å². The molecular weight excluding hydrogens is 226 g/mol. The number of aryl methyl sites for hydroxylation is 1. The number of aromatic nitrogens is 2. The van der Waals surface area contributed by atoms with Crippen molar-refractivity contribution < 1.29 is 4.74 Å². The van der Waals surface area contributed by atoms with Crippen molar-refractivity contribution in [3.63, 3.8) is 0 Å². The molecule has 4 nitrogen and oxygen atoms in total. The Morgan fingerprint density at radius 2 is 1.94 bits per heavy atom. The number of ether oxygens (including phenoxy) is 1. The number of para-hydroxylation sites is 1. The van der Waals surface area contributed by atoms with Gasteiger partial charge in [-0.15, -0.1) is 0 Å². The van der Waals surface area contributed by atoms with Crippen molar-refractivity contribution in [2.24, 2.45) is 0 Å². The van der Waals surface area contributed by atoms with Crippen LogP contribution in [-0.2, 0) is 0 Å². The predicted octanol–water partition coefficient (Wildman–Crippen LogP) is 2.81. The van der Waals surface area contributed by atoms with Crippen molar-refractivity contribution in [3.8, 4) is 11.8 Å². The lowest BCUT2D eigenvalue weighted by Crippen LogP contribution is -1.97. The molecule has 5 heteroatoms. The summed E-state index contributed by atoms with van der Waals surface area (Å²) in [7, 11) is 0. The highest BCUT2D eigenvalue weighted by atomic mass is 35.5. The zero-order chi connectivity index (χ0) is 11.5. The molecule has 2 rings (SSSR count). The second kappa shape index (κ2) is 4.37. The van der Waals surface area contributed by atoms with Crippen molar-refractivity contribution >= 4 is 17.3 Å². The molecule has 0 atom stereocenters. The average Bonchev–Trinajstić information content (AvgIpc) is 2.26. The van der Waals surface area contributed by atoms with Crippen molar-refractivity contribution in [1.29, 1.82) is 0 Å². The molecule has 0 radical (unpaired) electrons. The minimum atomic E-state index is 0.227. The van der Waals surface area contributed by atoms with Crippen LogP contribution in [0.25, 0.3) is 0 Å². The maximum atomic E-state index is 5.79. The topological polar surface area (TPSA) is 61.0 Å². The van der Waals surface area contributed by atoms with Gasteiger partial charge < -0.3 is 10.5 Å². The van der Waals surface area contributed by atoms with E-state index in [1.807, 2.05) is 19.1 Å². The Labute approximate surface area is 98.0 Å². The van der Waals surface area contributed by atoms with Crippen LogP contribution in [0.2, 0.25) is 5.02 Å². The summed E-state index contributed by atoms with van der Waals surface area (Å²) >= 11 is 5.67. The van der Waals surface area contributed by atoms with E-state index in [1.165, 1.54) is 12.4 Å². The molecule has 0 aliphatic rings. The lowest BCUT2D eigenvalue weighted by molar-refractivity contribution is 0.441. The molecule has 1 aromatic carbocycles. The number of nitrogens with zero attached hydrogens (tertiary/aromatic N) is 2. The first kappa shape index (κ1) is 10.7. The second-order valence-corrected chi connectivity index (χ2v) is 3.72. The van der Waals surface area contributed by atoms with Gasteiger partial charge in [-0.1, -0.05) is 23.7 Å². The van der Waals surface area contributed by atoms with E-state index in [0.29, 0.717) is 16.5 Å². The number of benzene rings is 1. The van der Waals surface area contributed by atoms with Crippen LogP contribution in [-0.4, -0.2) is 9.97 Å². The van der Waals surface area contributed by atoms with Crippen LogP contribution in [0.3, 0.4) is 0 Å². The molecule has 0 aliphatic heterocycles. The number of rotatable bonds is 2. The summed E-state index contributed by atoms with van der Waals surface area (Å²) in [4.78, 5) is 7.87. The Bertz CT molecular complexity index is 479. The van der Waals surface area contributed by atoms with E-state index >= 15 is 0 Å². The summed E-state index contributed by atoms with van der Waals surface area (Å²) in [6.07, 6.45) is 2.94. The minimum absolute atomic E-state index is 0.227. The molecular formula is C11H10ClN3O. The quantitative estimate of drug-likeness (QED) is 0.813. The molecule has 0 amide bonds. The monoisotopic (exact) mass is 235 g/mol. The lowest BCUT2D eigenvalue weighted by atomic mass is 10.2. The molecule has 82 valence electrons. The second-order valence-electron chi connectivity index (χ2n) is 3.28. The first-order valence-electron chi connectivity index (χ1n) is 4.67. The van der Waals surface area contributed by atoms with Gasteiger partial charge in [0.05, 0.1) is 23.1 Å². The molecule has 0 saturated heterocycles. The number of nitrogen functional groups attached to an aromatic ring is 1. The maximum absolute atomic E-state index is 5.79. The average molecular weight is 236 g/mol. The molecule has 16 heavy (non-hydrogen) atoms. The fourth-order valence-corrected chi connectivity index (χ4v) is 1.36. The SMILES string of the molecule is Cc1cccc(N)c1Oc1ncc(Cl)cn1. The van der Waals surface area contributed by atoms with Crippen LogP contribution in [0.15, 0.2) is 30.6 Å². The molecule has 2 N–H and O–H groups in total. The molecule has 0 spiro atoms. The number of hydrogen-bond acceptors (Lipinski definition) is 4. The van der Waals surface area contributed by atoms with Crippen molar-refractivity contribution in [1.82, 2.24) is 9.97 Å². The number of halogens is 1. The van der Waals surface area contributed by atoms with E-state index < -0.39 is 0 Å². The van der Waals surface area contributed by atoms with Crippen molar-refractivity contribution in [2.45, 2.75) is 6.92 Å². The Kier molecular flexibility index (Phi) is 2.92. The number of nitrogens with two attached hydrogens (primary N) is 1. The molecule has 0 bridgehead atoms. The van der Waals surface area contributed by atoms with Gasteiger partial charge in [0.1, 0.15) is 0 Å². The normalized spacial score (nSPS) is 10.1. The Morgan fingerprint density at radius 1 is 1.25 bits per heavy atom. The number of anilines is 1. The summed E-state index contributed by atoms with van der Waals surface area (Å²) in [6.45, 7) is 1.90. The maximum Gasteiger partial charge on any atom is 0.322 e. The van der Waals surface area contributed by atoms with E-state index in [0.717, 1.165) is 5.56 Å². The van der Waals surface area contributed by atoms with Crippen LogP contribution in [0.1, 0.15) is 5.56 Å². The van der Waals surface area contributed by atoms with Crippen LogP contribution in [0.4, 0.5) is 5.69 Å². The van der Waals surface area contributed by atoms with Crippen LogP contribution in [0, 0.1) is 6.92 Å². The van der Waals surface area contributed by atoms with Gasteiger partial charge in [0.25, 0.3) is 0 Å². The van der Waals surface area contributed by atoms with Crippen molar-refractivity contribution in [3.05, 3.63) is 41.2 Å². The third kappa shape index (κ3) is 2.23. The van der Waals surface area contributed by atoms with E-state index in [9.17, 15) is 0 Å². The molecule has 0 saturated carbocycles. The lowest BCUT2D eigenvalue weighted by Gasteiger charge is -2.08. The Morgan fingerprint density at radius 3 is 2.56 bits per heavy atom. The van der Waals surface area contributed by atoms with E-state index in [4.69, 9.17) is 22.1 Å². The molecule has 1 heterocycles. The molecule has 2 aromatic rings. The Hall–Kier alpha value is -1.81. The molecule has 1 aromatic heterocycles. The van der Waals surface area contributed by atoms with E-state index in [2.05, 4.69) is 9.97 Å². The van der Waals surface area contributed by atoms with Gasteiger partial charge >= 0.3 is 6.01 Å².